The van der Waals surface area contributed by atoms with Crippen molar-refractivity contribution < 1.29 is 23.8 Å². The molecule has 0 fully saturated rings. The summed E-state index contributed by atoms with van der Waals surface area (Å²) in [5.74, 6) is 0.578. The van der Waals surface area contributed by atoms with E-state index in [0.29, 0.717) is 41.4 Å². The van der Waals surface area contributed by atoms with Crippen LogP contribution in [-0.4, -0.2) is 49.2 Å². The molecule has 7 nitrogen and oxygen atoms in total. The standard InChI is InChI=1S/C26H32N2O5/c1-17(2)32-16-8-15-28-25(29)23(19-11-13-20(14-12-19)33-18(3)4)24(26(28)30)27-21-9-6-7-10-22(21)31-5/h6-7,9-14,17-18,27H,8,15-16H2,1-5H3. The zero-order valence-electron chi connectivity index (χ0n) is 19.9. The molecular formula is C26H32N2O5. The number of imide groups is 1. The van der Waals surface area contributed by atoms with Gasteiger partial charge in [-0.3, -0.25) is 14.5 Å². The van der Waals surface area contributed by atoms with Gasteiger partial charge < -0.3 is 19.5 Å². The van der Waals surface area contributed by atoms with Gasteiger partial charge in [0.25, 0.3) is 11.8 Å². The first kappa shape index (κ1) is 24.3. The van der Waals surface area contributed by atoms with E-state index in [-0.39, 0.29) is 36.3 Å². The summed E-state index contributed by atoms with van der Waals surface area (Å²) >= 11 is 0. The summed E-state index contributed by atoms with van der Waals surface area (Å²) in [6, 6.07) is 14.5. The topological polar surface area (TPSA) is 77.1 Å². The summed E-state index contributed by atoms with van der Waals surface area (Å²) in [5, 5.41) is 3.15. The molecule has 1 heterocycles. The van der Waals surface area contributed by atoms with E-state index < -0.39 is 0 Å². The Morgan fingerprint density at radius 1 is 0.909 bits per heavy atom. The molecule has 0 bridgehead atoms. The van der Waals surface area contributed by atoms with E-state index in [1.807, 2.05) is 39.8 Å². The average Bonchev–Trinajstić information content (AvgIpc) is 3.01. The van der Waals surface area contributed by atoms with E-state index in [9.17, 15) is 9.59 Å². The summed E-state index contributed by atoms with van der Waals surface area (Å²) in [6.45, 7) is 8.55. The molecule has 0 unspecified atom stereocenters. The molecule has 0 spiro atoms. The van der Waals surface area contributed by atoms with Gasteiger partial charge in [0.2, 0.25) is 0 Å². The van der Waals surface area contributed by atoms with Gasteiger partial charge in [0.15, 0.2) is 0 Å². The lowest BCUT2D eigenvalue weighted by atomic mass is 10.0. The Kier molecular flexibility index (Phi) is 8.11. The maximum absolute atomic E-state index is 13.4. The van der Waals surface area contributed by atoms with Gasteiger partial charge >= 0.3 is 0 Å². The van der Waals surface area contributed by atoms with Crippen LogP contribution in [-0.2, 0) is 14.3 Å². The number of methoxy groups -OCH3 is 1. The molecule has 2 aromatic carbocycles. The SMILES string of the molecule is COc1ccccc1NC1=C(c2ccc(OC(C)C)cc2)C(=O)N(CCCOC(C)C)C1=O. The highest BCUT2D eigenvalue weighted by atomic mass is 16.5. The predicted molar refractivity (Wildman–Crippen MR) is 128 cm³/mol. The van der Waals surface area contributed by atoms with E-state index in [1.54, 1.807) is 43.5 Å². The number of ether oxygens (including phenoxy) is 3. The molecule has 1 N–H and O–H groups in total. The molecule has 0 saturated carbocycles. The third kappa shape index (κ3) is 5.93. The van der Waals surface area contributed by atoms with Gasteiger partial charge in [-0.25, -0.2) is 0 Å². The van der Waals surface area contributed by atoms with Crippen LogP contribution in [0.2, 0.25) is 0 Å². The molecule has 2 aromatic rings. The van der Waals surface area contributed by atoms with E-state index >= 15 is 0 Å². The molecule has 0 radical (unpaired) electrons. The average molecular weight is 453 g/mol. The molecule has 2 amide bonds. The fourth-order valence-corrected chi connectivity index (χ4v) is 3.56. The second-order valence-corrected chi connectivity index (χ2v) is 8.30. The predicted octanol–water partition coefficient (Wildman–Crippen LogP) is 4.49. The maximum atomic E-state index is 13.4. The van der Waals surface area contributed by atoms with E-state index in [2.05, 4.69) is 5.32 Å². The Balaban J connectivity index is 1.93. The van der Waals surface area contributed by atoms with Gasteiger partial charge in [0, 0.05) is 13.2 Å². The molecule has 0 aliphatic carbocycles. The lowest BCUT2D eigenvalue weighted by molar-refractivity contribution is -0.137. The minimum Gasteiger partial charge on any atom is -0.495 e. The molecule has 1 aliphatic rings. The van der Waals surface area contributed by atoms with Crippen LogP contribution in [0.4, 0.5) is 5.69 Å². The van der Waals surface area contributed by atoms with Crippen LogP contribution in [0.5, 0.6) is 11.5 Å². The first-order chi connectivity index (χ1) is 15.8. The number of hydrogen-bond donors (Lipinski definition) is 1. The molecule has 0 aromatic heterocycles. The number of carbonyl (C=O) groups excluding carboxylic acids is 2. The van der Waals surface area contributed by atoms with Crippen LogP contribution in [0.3, 0.4) is 0 Å². The summed E-state index contributed by atoms with van der Waals surface area (Å²) in [7, 11) is 1.56. The summed E-state index contributed by atoms with van der Waals surface area (Å²) in [4.78, 5) is 28.0. The Labute approximate surface area is 195 Å². The van der Waals surface area contributed by atoms with Gasteiger partial charge in [-0.1, -0.05) is 24.3 Å². The minimum atomic E-state index is -0.368. The van der Waals surface area contributed by atoms with Crippen LogP contribution in [0.25, 0.3) is 5.57 Å². The summed E-state index contributed by atoms with van der Waals surface area (Å²) in [5.41, 5.74) is 1.81. The highest BCUT2D eigenvalue weighted by Crippen LogP contribution is 2.34. The molecule has 0 atom stereocenters. The van der Waals surface area contributed by atoms with Crippen LogP contribution in [0, 0.1) is 0 Å². The molecule has 3 rings (SSSR count). The van der Waals surface area contributed by atoms with Crippen molar-refractivity contribution >= 4 is 23.1 Å². The summed E-state index contributed by atoms with van der Waals surface area (Å²) in [6.07, 6.45) is 0.695. The smallest absolute Gasteiger partial charge is 0.278 e. The van der Waals surface area contributed by atoms with Crippen LogP contribution < -0.4 is 14.8 Å². The van der Waals surface area contributed by atoms with Crippen LogP contribution in [0.1, 0.15) is 39.7 Å². The Hall–Kier alpha value is -3.32. The number of hydrogen-bond acceptors (Lipinski definition) is 6. The first-order valence-corrected chi connectivity index (χ1v) is 11.2. The maximum Gasteiger partial charge on any atom is 0.278 e. The molecular weight excluding hydrogens is 420 g/mol. The van der Waals surface area contributed by atoms with Crippen LogP contribution in [0.15, 0.2) is 54.2 Å². The molecule has 33 heavy (non-hydrogen) atoms. The number of nitrogens with one attached hydrogen (secondary N) is 1. The van der Waals surface area contributed by atoms with Crippen molar-refractivity contribution in [1.29, 1.82) is 0 Å². The highest BCUT2D eigenvalue weighted by Gasteiger charge is 2.39. The van der Waals surface area contributed by atoms with Crippen molar-refractivity contribution in [1.82, 2.24) is 4.90 Å². The van der Waals surface area contributed by atoms with Crippen molar-refractivity contribution in [2.24, 2.45) is 0 Å². The van der Waals surface area contributed by atoms with Crippen molar-refractivity contribution in [3.63, 3.8) is 0 Å². The second-order valence-electron chi connectivity index (χ2n) is 8.30. The highest BCUT2D eigenvalue weighted by molar-refractivity contribution is 6.36. The van der Waals surface area contributed by atoms with Gasteiger partial charge in [0.1, 0.15) is 17.2 Å². The summed E-state index contributed by atoms with van der Waals surface area (Å²) < 4.78 is 16.7. The molecule has 1 aliphatic heterocycles. The number of nitrogens with zero attached hydrogens (tertiary/aromatic N) is 1. The largest absolute Gasteiger partial charge is 0.495 e. The fourth-order valence-electron chi connectivity index (χ4n) is 3.56. The zero-order chi connectivity index (χ0) is 24.0. The molecule has 0 saturated heterocycles. The third-order valence-electron chi connectivity index (χ3n) is 5.03. The van der Waals surface area contributed by atoms with E-state index in [4.69, 9.17) is 14.2 Å². The number of carbonyl (C=O) groups is 2. The normalized spacial score (nSPS) is 14.0. The lowest BCUT2D eigenvalue weighted by Crippen LogP contribution is -2.34. The fraction of sp³-hybridized carbons (Fsp3) is 0.385. The Bertz CT molecular complexity index is 1010. The Morgan fingerprint density at radius 2 is 1.61 bits per heavy atom. The molecule has 176 valence electrons. The molecule has 7 heteroatoms. The quantitative estimate of drug-likeness (QED) is 0.400. The van der Waals surface area contributed by atoms with Gasteiger partial charge in [-0.15, -0.1) is 0 Å². The second kappa shape index (κ2) is 11.0. The lowest BCUT2D eigenvalue weighted by Gasteiger charge is -2.16. The van der Waals surface area contributed by atoms with E-state index in [0.717, 1.165) is 0 Å². The van der Waals surface area contributed by atoms with Gasteiger partial charge in [-0.05, 0) is 63.9 Å². The van der Waals surface area contributed by atoms with Crippen molar-refractivity contribution in [3.05, 3.63) is 59.8 Å². The number of amides is 2. The minimum absolute atomic E-state index is 0.0380. The third-order valence-corrected chi connectivity index (χ3v) is 5.03. The van der Waals surface area contributed by atoms with Crippen molar-refractivity contribution in [2.75, 3.05) is 25.6 Å². The zero-order valence-corrected chi connectivity index (χ0v) is 19.9. The first-order valence-electron chi connectivity index (χ1n) is 11.2. The number of para-hydroxylation sites is 2. The van der Waals surface area contributed by atoms with Gasteiger partial charge in [-0.2, -0.15) is 0 Å². The van der Waals surface area contributed by atoms with Crippen molar-refractivity contribution in [3.8, 4) is 11.5 Å². The monoisotopic (exact) mass is 452 g/mol. The van der Waals surface area contributed by atoms with Gasteiger partial charge in [0.05, 0.1) is 30.6 Å². The van der Waals surface area contributed by atoms with Crippen LogP contribution >= 0.6 is 0 Å². The number of anilines is 1. The van der Waals surface area contributed by atoms with E-state index in [1.165, 1.54) is 4.90 Å². The number of benzene rings is 2. The van der Waals surface area contributed by atoms with Crippen molar-refractivity contribution in [2.45, 2.75) is 46.3 Å². The number of rotatable bonds is 11. The Morgan fingerprint density at radius 3 is 2.24 bits per heavy atom.